The molecule has 0 aliphatic rings. The van der Waals surface area contributed by atoms with Crippen LogP contribution in [0.1, 0.15) is 59.7 Å². The smallest absolute Gasteiger partial charge is 0.338 e. The second kappa shape index (κ2) is 10.9. The van der Waals surface area contributed by atoms with Gasteiger partial charge in [-0.2, -0.15) is 0 Å². The maximum Gasteiger partial charge on any atom is 0.338 e. The summed E-state index contributed by atoms with van der Waals surface area (Å²) in [6.07, 6.45) is 0.789. The summed E-state index contributed by atoms with van der Waals surface area (Å²) in [4.78, 5) is 44.7. The van der Waals surface area contributed by atoms with Crippen LogP contribution < -0.4 is 0 Å². The molecule has 0 bridgehead atoms. The zero-order valence-corrected chi connectivity index (χ0v) is 14.5. The highest BCUT2D eigenvalue weighted by Gasteiger charge is 2.14. The van der Waals surface area contributed by atoms with Gasteiger partial charge in [0.25, 0.3) is 0 Å². The predicted molar refractivity (Wildman–Crippen MR) is 90.0 cm³/mol. The molecule has 0 heterocycles. The van der Waals surface area contributed by atoms with Crippen molar-refractivity contribution >= 4 is 23.9 Å². The standard InChI is InChI=1S/C18H22O8/c1-12(9-10-25-16(21)8-3-2-7-15(19)20)26-18(24)14-6-4-5-13(11-14)17(22)23/h4-6,11-12H,2-3,7-10H2,1H3,(H,19,20)(H,22,23). The molecule has 1 atom stereocenters. The lowest BCUT2D eigenvalue weighted by molar-refractivity contribution is -0.145. The number of carboxylic acids is 2. The number of hydrogen-bond acceptors (Lipinski definition) is 6. The Hall–Kier alpha value is -2.90. The number of esters is 2. The summed E-state index contributed by atoms with van der Waals surface area (Å²) in [5, 5.41) is 17.4. The van der Waals surface area contributed by atoms with Crippen LogP contribution in [-0.2, 0) is 19.1 Å². The maximum atomic E-state index is 12.0. The van der Waals surface area contributed by atoms with Crippen LogP contribution in [0.5, 0.6) is 0 Å². The van der Waals surface area contributed by atoms with Gasteiger partial charge in [0.1, 0.15) is 6.10 Å². The number of unbranched alkanes of at least 4 members (excludes halogenated alkanes) is 1. The van der Waals surface area contributed by atoms with E-state index < -0.39 is 30.0 Å². The second-order valence-corrected chi connectivity index (χ2v) is 5.71. The molecule has 142 valence electrons. The van der Waals surface area contributed by atoms with E-state index in [0.29, 0.717) is 19.3 Å². The van der Waals surface area contributed by atoms with Crippen molar-refractivity contribution in [1.82, 2.24) is 0 Å². The van der Waals surface area contributed by atoms with Crippen molar-refractivity contribution in [2.24, 2.45) is 0 Å². The van der Waals surface area contributed by atoms with Gasteiger partial charge in [0.15, 0.2) is 0 Å². The number of benzene rings is 1. The summed E-state index contributed by atoms with van der Waals surface area (Å²) < 4.78 is 10.2. The van der Waals surface area contributed by atoms with Crippen LogP contribution in [0.25, 0.3) is 0 Å². The Morgan fingerprint density at radius 1 is 1.04 bits per heavy atom. The molecule has 1 aromatic carbocycles. The van der Waals surface area contributed by atoms with Crippen LogP contribution in [0.15, 0.2) is 24.3 Å². The van der Waals surface area contributed by atoms with E-state index in [1.165, 1.54) is 24.3 Å². The summed E-state index contributed by atoms with van der Waals surface area (Å²) in [6, 6.07) is 5.52. The quantitative estimate of drug-likeness (QED) is 0.452. The number of carbonyl (C=O) groups is 4. The SMILES string of the molecule is CC(CCOC(=O)CCCCC(=O)O)OC(=O)c1cccc(C(=O)O)c1. The highest BCUT2D eigenvalue weighted by molar-refractivity contribution is 5.94. The number of rotatable bonds is 11. The Kier molecular flexibility index (Phi) is 8.83. The van der Waals surface area contributed by atoms with E-state index in [2.05, 4.69) is 0 Å². The molecule has 0 fully saturated rings. The third-order valence-electron chi connectivity index (χ3n) is 3.46. The van der Waals surface area contributed by atoms with Gasteiger partial charge in [-0.25, -0.2) is 9.59 Å². The van der Waals surface area contributed by atoms with Gasteiger partial charge in [0.05, 0.1) is 17.7 Å². The maximum absolute atomic E-state index is 12.0. The monoisotopic (exact) mass is 366 g/mol. The number of carbonyl (C=O) groups excluding carboxylic acids is 2. The second-order valence-electron chi connectivity index (χ2n) is 5.71. The third-order valence-corrected chi connectivity index (χ3v) is 3.46. The van der Waals surface area contributed by atoms with Crippen LogP contribution in [0.3, 0.4) is 0 Å². The minimum atomic E-state index is -1.14. The fourth-order valence-electron chi connectivity index (χ4n) is 2.05. The lowest BCUT2D eigenvalue weighted by Gasteiger charge is -2.13. The first-order valence-corrected chi connectivity index (χ1v) is 8.21. The number of aromatic carboxylic acids is 1. The zero-order valence-electron chi connectivity index (χ0n) is 14.5. The van der Waals surface area contributed by atoms with Crippen molar-refractivity contribution in [3.63, 3.8) is 0 Å². The van der Waals surface area contributed by atoms with E-state index in [1.807, 2.05) is 0 Å². The highest BCUT2D eigenvalue weighted by Crippen LogP contribution is 2.10. The molecule has 1 unspecified atom stereocenters. The number of carboxylic acid groups (broad SMARTS) is 2. The van der Waals surface area contributed by atoms with Crippen LogP contribution in [0.4, 0.5) is 0 Å². The molecule has 0 radical (unpaired) electrons. The largest absolute Gasteiger partial charge is 0.481 e. The molecule has 0 amide bonds. The molecule has 0 aliphatic heterocycles. The Morgan fingerprint density at radius 3 is 2.35 bits per heavy atom. The summed E-state index contributed by atoms with van der Waals surface area (Å²) >= 11 is 0. The molecule has 8 nitrogen and oxygen atoms in total. The molecule has 8 heteroatoms. The van der Waals surface area contributed by atoms with E-state index in [-0.39, 0.29) is 30.6 Å². The normalized spacial score (nSPS) is 11.4. The zero-order chi connectivity index (χ0) is 19.5. The highest BCUT2D eigenvalue weighted by atomic mass is 16.6. The molecule has 0 aromatic heterocycles. The first-order chi connectivity index (χ1) is 12.3. The summed E-state index contributed by atoms with van der Waals surface area (Å²) in [5.41, 5.74) is 0.121. The molecule has 0 saturated heterocycles. The summed E-state index contributed by atoms with van der Waals surface area (Å²) in [5.74, 6) is -3.12. The Labute approximate surface area is 150 Å². The number of ether oxygens (including phenoxy) is 2. The van der Waals surface area contributed by atoms with Crippen molar-refractivity contribution < 1.29 is 38.9 Å². The van der Waals surface area contributed by atoms with Gasteiger partial charge in [-0.1, -0.05) is 6.07 Å². The van der Waals surface area contributed by atoms with Crippen molar-refractivity contribution in [3.8, 4) is 0 Å². The van der Waals surface area contributed by atoms with E-state index in [9.17, 15) is 19.2 Å². The van der Waals surface area contributed by atoms with Crippen LogP contribution >= 0.6 is 0 Å². The molecule has 0 spiro atoms. The van der Waals surface area contributed by atoms with Crippen LogP contribution in [-0.4, -0.2) is 46.8 Å². The Morgan fingerprint density at radius 2 is 1.69 bits per heavy atom. The molecule has 0 aliphatic carbocycles. The lowest BCUT2D eigenvalue weighted by atomic mass is 10.1. The van der Waals surface area contributed by atoms with Gasteiger partial charge in [-0.05, 0) is 38.0 Å². The third kappa shape index (κ3) is 8.27. The molecule has 1 aromatic rings. The minimum Gasteiger partial charge on any atom is -0.481 e. The van der Waals surface area contributed by atoms with Gasteiger partial charge >= 0.3 is 23.9 Å². The lowest BCUT2D eigenvalue weighted by Crippen LogP contribution is -2.18. The molecule has 1 rings (SSSR count). The van der Waals surface area contributed by atoms with Crippen LogP contribution in [0.2, 0.25) is 0 Å². The fourth-order valence-corrected chi connectivity index (χ4v) is 2.05. The molecular formula is C18H22O8. The first kappa shape index (κ1) is 21.1. The average molecular weight is 366 g/mol. The molecular weight excluding hydrogens is 344 g/mol. The topological polar surface area (TPSA) is 127 Å². The summed E-state index contributed by atoms with van der Waals surface area (Å²) in [7, 11) is 0. The van der Waals surface area contributed by atoms with Gasteiger partial charge in [-0.3, -0.25) is 9.59 Å². The van der Waals surface area contributed by atoms with E-state index in [4.69, 9.17) is 19.7 Å². The van der Waals surface area contributed by atoms with Crippen molar-refractivity contribution in [1.29, 1.82) is 0 Å². The molecule has 26 heavy (non-hydrogen) atoms. The number of aliphatic carboxylic acids is 1. The predicted octanol–water partition coefficient (Wildman–Crippen LogP) is 2.51. The van der Waals surface area contributed by atoms with Gasteiger partial charge < -0.3 is 19.7 Å². The van der Waals surface area contributed by atoms with Gasteiger partial charge in [0, 0.05) is 19.3 Å². The fraction of sp³-hybridized carbons (Fsp3) is 0.444. The van der Waals surface area contributed by atoms with Gasteiger partial charge in [0.2, 0.25) is 0 Å². The average Bonchev–Trinajstić information content (AvgIpc) is 2.58. The molecule has 0 saturated carbocycles. The van der Waals surface area contributed by atoms with Crippen LogP contribution in [0, 0.1) is 0 Å². The Bertz CT molecular complexity index is 652. The van der Waals surface area contributed by atoms with E-state index in [0.717, 1.165) is 0 Å². The van der Waals surface area contributed by atoms with E-state index >= 15 is 0 Å². The summed E-state index contributed by atoms with van der Waals surface area (Å²) in [6.45, 7) is 1.71. The van der Waals surface area contributed by atoms with Crippen molar-refractivity contribution in [2.75, 3.05) is 6.61 Å². The van der Waals surface area contributed by atoms with Crippen molar-refractivity contribution in [3.05, 3.63) is 35.4 Å². The Balaban J connectivity index is 2.29. The van der Waals surface area contributed by atoms with E-state index in [1.54, 1.807) is 6.92 Å². The van der Waals surface area contributed by atoms with Gasteiger partial charge in [-0.15, -0.1) is 0 Å². The van der Waals surface area contributed by atoms with Crippen molar-refractivity contribution in [2.45, 2.75) is 45.1 Å². The number of hydrogen-bond donors (Lipinski definition) is 2. The molecule has 2 N–H and O–H groups in total. The minimum absolute atomic E-state index is 0.0102. The first-order valence-electron chi connectivity index (χ1n) is 8.21.